The molecule has 1 aromatic carbocycles. The molecule has 0 spiro atoms. The van der Waals surface area contributed by atoms with E-state index in [1.165, 1.54) is 0 Å². The van der Waals surface area contributed by atoms with Gasteiger partial charge in [0.15, 0.2) is 0 Å². The van der Waals surface area contributed by atoms with E-state index < -0.39 is 6.04 Å². The second-order valence-corrected chi connectivity index (χ2v) is 5.24. The summed E-state index contributed by atoms with van der Waals surface area (Å²) in [5.41, 5.74) is 1.19. The number of benzene rings is 1. The third kappa shape index (κ3) is 2.54. The molecule has 0 aliphatic rings. The molecule has 0 saturated heterocycles. The molecular formula is C18H14N4O2. The quantitative estimate of drug-likeness (QED) is 0.599. The first-order valence-corrected chi connectivity index (χ1v) is 7.46. The van der Waals surface area contributed by atoms with Gasteiger partial charge >= 0.3 is 0 Å². The first-order chi connectivity index (χ1) is 11.8. The van der Waals surface area contributed by atoms with E-state index in [0.717, 1.165) is 5.39 Å². The molecule has 3 heterocycles. The van der Waals surface area contributed by atoms with Gasteiger partial charge in [-0.1, -0.05) is 18.2 Å². The lowest BCUT2D eigenvalue weighted by Crippen LogP contribution is -2.14. The number of pyridine rings is 1. The van der Waals surface area contributed by atoms with Crippen molar-refractivity contribution in [3.05, 3.63) is 78.6 Å². The van der Waals surface area contributed by atoms with E-state index >= 15 is 0 Å². The molecule has 0 radical (unpaired) electrons. The van der Waals surface area contributed by atoms with Crippen LogP contribution in [0.2, 0.25) is 0 Å². The lowest BCUT2D eigenvalue weighted by Gasteiger charge is -2.18. The van der Waals surface area contributed by atoms with Crippen LogP contribution in [0.3, 0.4) is 0 Å². The predicted molar refractivity (Wildman–Crippen MR) is 89.6 cm³/mol. The minimum atomic E-state index is -0.436. The van der Waals surface area contributed by atoms with Crippen LogP contribution in [0.15, 0.2) is 71.7 Å². The van der Waals surface area contributed by atoms with Crippen LogP contribution in [0.4, 0.5) is 5.95 Å². The fourth-order valence-electron chi connectivity index (χ4n) is 2.64. The lowest BCUT2D eigenvalue weighted by molar-refractivity contribution is 0.458. The maximum Gasteiger partial charge on any atom is 0.223 e. The highest BCUT2D eigenvalue weighted by Gasteiger charge is 2.22. The second-order valence-electron chi connectivity index (χ2n) is 5.24. The Morgan fingerprint density at radius 1 is 0.917 bits per heavy atom. The summed E-state index contributed by atoms with van der Waals surface area (Å²) in [7, 11) is 0. The first kappa shape index (κ1) is 14.2. The molecule has 1 unspecified atom stereocenters. The summed E-state index contributed by atoms with van der Waals surface area (Å²) in [5.74, 6) is 1.20. The standard InChI is InChI=1S/C18H14N4O2/c23-17-13(7-6-12-4-1-8-19-15(12)17)16(14-5-2-11-24-14)22-18-20-9-3-10-21-18/h1-11,16,23H,(H,20,21,22). The van der Waals surface area contributed by atoms with Gasteiger partial charge in [0.05, 0.1) is 6.26 Å². The van der Waals surface area contributed by atoms with Crippen LogP contribution in [0, 0.1) is 0 Å². The molecule has 0 aliphatic carbocycles. The van der Waals surface area contributed by atoms with Crippen molar-refractivity contribution in [2.45, 2.75) is 6.04 Å². The number of hydrogen-bond acceptors (Lipinski definition) is 6. The van der Waals surface area contributed by atoms with Gasteiger partial charge in [0.2, 0.25) is 5.95 Å². The highest BCUT2D eigenvalue weighted by Crippen LogP contribution is 2.35. The highest BCUT2D eigenvalue weighted by molar-refractivity contribution is 5.85. The summed E-state index contributed by atoms with van der Waals surface area (Å²) in [6, 6.07) is 12.4. The Kier molecular flexibility index (Phi) is 3.55. The van der Waals surface area contributed by atoms with Crippen LogP contribution < -0.4 is 5.32 Å². The molecule has 4 rings (SSSR count). The predicted octanol–water partition coefficient (Wildman–Crippen LogP) is 3.52. The number of phenols is 1. The van der Waals surface area contributed by atoms with E-state index in [1.807, 2.05) is 30.3 Å². The van der Waals surface area contributed by atoms with Gasteiger partial charge in [-0.2, -0.15) is 0 Å². The molecule has 6 heteroatoms. The van der Waals surface area contributed by atoms with Crippen molar-refractivity contribution in [2.75, 3.05) is 5.32 Å². The minimum Gasteiger partial charge on any atom is -0.505 e. The van der Waals surface area contributed by atoms with Crippen LogP contribution in [0.1, 0.15) is 17.4 Å². The zero-order valence-corrected chi connectivity index (χ0v) is 12.6. The van der Waals surface area contributed by atoms with Gasteiger partial charge in [-0.3, -0.25) is 4.98 Å². The maximum atomic E-state index is 10.7. The molecule has 24 heavy (non-hydrogen) atoms. The molecule has 0 fully saturated rings. The van der Waals surface area contributed by atoms with Crippen LogP contribution in [-0.4, -0.2) is 20.1 Å². The van der Waals surface area contributed by atoms with E-state index in [4.69, 9.17) is 4.42 Å². The van der Waals surface area contributed by atoms with Crippen molar-refractivity contribution in [1.29, 1.82) is 0 Å². The molecule has 0 amide bonds. The number of aromatic nitrogens is 3. The van der Waals surface area contributed by atoms with E-state index in [1.54, 1.807) is 37.0 Å². The average Bonchev–Trinajstić information content (AvgIpc) is 3.16. The van der Waals surface area contributed by atoms with Gasteiger partial charge in [-0.05, 0) is 24.3 Å². The molecule has 3 aromatic heterocycles. The number of nitrogens with one attached hydrogen (secondary N) is 1. The van der Waals surface area contributed by atoms with Gasteiger partial charge in [0, 0.05) is 29.5 Å². The molecule has 118 valence electrons. The number of hydrogen-bond donors (Lipinski definition) is 2. The van der Waals surface area contributed by atoms with Crippen molar-refractivity contribution < 1.29 is 9.52 Å². The SMILES string of the molecule is Oc1c(C(Nc2ncccn2)c2ccco2)ccc2cccnc12. The van der Waals surface area contributed by atoms with Crippen molar-refractivity contribution in [2.24, 2.45) is 0 Å². The number of furan rings is 1. The Morgan fingerprint density at radius 3 is 2.54 bits per heavy atom. The Balaban J connectivity index is 1.83. The first-order valence-electron chi connectivity index (χ1n) is 7.46. The van der Waals surface area contributed by atoms with Crippen LogP contribution in [-0.2, 0) is 0 Å². The molecule has 6 nitrogen and oxygen atoms in total. The third-order valence-electron chi connectivity index (χ3n) is 3.76. The fourth-order valence-corrected chi connectivity index (χ4v) is 2.64. The normalized spacial score (nSPS) is 12.2. The topological polar surface area (TPSA) is 84.1 Å². The van der Waals surface area contributed by atoms with E-state index in [0.29, 0.717) is 22.8 Å². The molecule has 4 aromatic rings. The summed E-state index contributed by atoms with van der Waals surface area (Å²) in [5, 5.41) is 14.8. The van der Waals surface area contributed by atoms with E-state index in [2.05, 4.69) is 20.3 Å². The maximum absolute atomic E-state index is 10.7. The monoisotopic (exact) mass is 318 g/mol. The van der Waals surface area contributed by atoms with Crippen LogP contribution >= 0.6 is 0 Å². The second kappa shape index (κ2) is 6.00. The number of nitrogens with zero attached hydrogens (tertiary/aromatic N) is 3. The largest absolute Gasteiger partial charge is 0.505 e. The number of aromatic hydroxyl groups is 1. The summed E-state index contributed by atoms with van der Waals surface area (Å²) in [6.45, 7) is 0. The Morgan fingerprint density at radius 2 is 1.75 bits per heavy atom. The average molecular weight is 318 g/mol. The summed E-state index contributed by atoms with van der Waals surface area (Å²) in [6.07, 6.45) is 6.54. The van der Waals surface area contributed by atoms with Crippen LogP contribution in [0.25, 0.3) is 10.9 Å². The van der Waals surface area contributed by atoms with Crippen molar-refractivity contribution in [3.63, 3.8) is 0 Å². The van der Waals surface area contributed by atoms with E-state index in [9.17, 15) is 5.11 Å². The minimum absolute atomic E-state index is 0.109. The number of phenolic OH excluding ortho intramolecular Hbond substituents is 1. The fraction of sp³-hybridized carbons (Fsp3) is 0.0556. The molecule has 0 aliphatic heterocycles. The van der Waals surface area contributed by atoms with Crippen molar-refractivity contribution in [1.82, 2.24) is 15.0 Å². The van der Waals surface area contributed by atoms with Gasteiger partial charge < -0.3 is 14.8 Å². The third-order valence-corrected chi connectivity index (χ3v) is 3.76. The van der Waals surface area contributed by atoms with E-state index in [-0.39, 0.29) is 5.75 Å². The zero-order chi connectivity index (χ0) is 16.4. The molecular weight excluding hydrogens is 304 g/mol. The molecule has 1 atom stereocenters. The zero-order valence-electron chi connectivity index (χ0n) is 12.6. The van der Waals surface area contributed by atoms with Crippen molar-refractivity contribution >= 4 is 16.9 Å². The smallest absolute Gasteiger partial charge is 0.223 e. The van der Waals surface area contributed by atoms with Gasteiger partial charge in [0.1, 0.15) is 23.1 Å². The van der Waals surface area contributed by atoms with Gasteiger partial charge in [-0.15, -0.1) is 0 Å². The highest BCUT2D eigenvalue weighted by atomic mass is 16.3. The van der Waals surface area contributed by atoms with Crippen molar-refractivity contribution in [3.8, 4) is 5.75 Å². The number of fused-ring (bicyclic) bond motifs is 1. The van der Waals surface area contributed by atoms with Crippen LogP contribution in [0.5, 0.6) is 5.75 Å². The Labute approximate surface area is 137 Å². The molecule has 0 bridgehead atoms. The summed E-state index contributed by atoms with van der Waals surface area (Å²) >= 11 is 0. The lowest BCUT2D eigenvalue weighted by atomic mass is 10.0. The number of anilines is 1. The summed E-state index contributed by atoms with van der Waals surface area (Å²) in [4.78, 5) is 12.6. The molecule has 0 saturated carbocycles. The Hall–Kier alpha value is -3.41. The van der Waals surface area contributed by atoms with Gasteiger partial charge in [0.25, 0.3) is 0 Å². The number of rotatable bonds is 4. The summed E-state index contributed by atoms with van der Waals surface area (Å²) < 4.78 is 5.54. The Bertz CT molecular complexity index is 955. The van der Waals surface area contributed by atoms with Gasteiger partial charge in [-0.25, -0.2) is 9.97 Å². The molecule has 2 N–H and O–H groups in total.